The minimum absolute atomic E-state index is 0. The first-order valence-corrected chi connectivity index (χ1v) is 11.5. The molecule has 0 aromatic heterocycles. The van der Waals surface area contributed by atoms with Crippen molar-refractivity contribution in [3.63, 3.8) is 0 Å². The Balaban J connectivity index is -0.000000254. The SMILES string of the molecule is C[C](=[Zr+2])C(C)O[Si](C)(C)C.[Cl-].[Cl-].c1cc[cH-]c1.c1cc[cH-]c1. The van der Waals surface area contributed by atoms with Crippen LogP contribution in [0.1, 0.15) is 13.8 Å². The monoisotopic (exact) mass is 434 g/mol. The predicted molar refractivity (Wildman–Crippen MR) is 88.6 cm³/mol. The van der Waals surface area contributed by atoms with Crippen LogP contribution in [-0.2, 0) is 28.7 Å². The number of halogens is 2. The average molecular weight is 437 g/mol. The van der Waals surface area contributed by atoms with Crippen molar-refractivity contribution in [2.45, 2.75) is 39.6 Å². The van der Waals surface area contributed by atoms with E-state index in [-0.39, 0.29) is 24.8 Å². The standard InChI is InChI=1S/C7H16OSi.2C5H5.2ClH.Zr/c1-6-7(2)8-9(3,4)5;2*1-2-4-5-3-1;;;/h7H,1-5H3;2*1-5H;2*1H;/q;2*-1;;;+2/p-2. The van der Waals surface area contributed by atoms with Crippen LogP contribution >= 0.6 is 0 Å². The van der Waals surface area contributed by atoms with Crippen molar-refractivity contribution in [3.8, 4) is 0 Å². The molecule has 5 heteroatoms. The van der Waals surface area contributed by atoms with Crippen LogP contribution in [0.5, 0.6) is 0 Å². The molecule has 0 saturated carbocycles. The van der Waals surface area contributed by atoms with Crippen LogP contribution in [0.2, 0.25) is 19.6 Å². The summed E-state index contributed by atoms with van der Waals surface area (Å²) in [6.45, 7) is 11.0. The molecular weight excluding hydrogens is 410 g/mol. The third kappa shape index (κ3) is 20.2. The maximum absolute atomic E-state index is 5.82. The molecule has 0 N–H and O–H groups in total. The van der Waals surface area contributed by atoms with Crippen molar-refractivity contribution in [1.29, 1.82) is 0 Å². The Kier molecular flexibility index (Phi) is 19.8. The molecule has 0 bridgehead atoms. The maximum atomic E-state index is 5.82. The Bertz CT molecular complexity index is 361. The molecule has 0 fully saturated rings. The van der Waals surface area contributed by atoms with E-state index in [4.69, 9.17) is 4.43 Å². The molecule has 1 atom stereocenters. The smallest absolute Gasteiger partial charge is 0.172 e. The van der Waals surface area contributed by atoms with E-state index in [0.29, 0.717) is 6.10 Å². The van der Waals surface area contributed by atoms with Crippen molar-refractivity contribution in [2.24, 2.45) is 0 Å². The zero-order valence-corrected chi connectivity index (χ0v) is 19.0. The Morgan fingerprint density at radius 1 is 0.909 bits per heavy atom. The molecule has 2 rings (SSSR count). The van der Waals surface area contributed by atoms with Gasteiger partial charge in [-0.1, -0.05) is 0 Å². The largest absolute Gasteiger partial charge is 1.00 e. The summed E-state index contributed by atoms with van der Waals surface area (Å²) in [4.78, 5) is 0. The molecular formula is C17H26Cl2OSiZr-2. The normalized spacial score (nSPS) is 10.5. The summed E-state index contributed by atoms with van der Waals surface area (Å²) in [5, 5.41) is 0. The van der Waals surface area contributed by atoms with Gasteiger partial charge < -0.3 is 24.8 Å². The van der Waals surface area contributed by atoms with E-state index in [9.17, 15) is 0 Å². The van der Waals surface area contributed by atoms with E-state index >= 15 is 0 Å². The van der Waals surface area contributed by atoms with Gasteiger partial charge in [0, 0.05) is 0 Å². The summed E-state index contributed by atoms with van der Waals surface area (Å²) in [5.41, 5.74) is 0. The average Bonchev–Trinajstić information content (AvgIpc) is 3.06. The van der Waals surface area contributed by atoms with Gasteiger partial charge in [0.15, 0.2) is 0 Å². The Labute approximate surface area is 164 Å². The number of rotatable bonds is 3. The maximum Gasteiger partial charge on any atom is -0.172 e. The van der Waals surface area contributed by atoms with Crippen LogP contribution in [0.15, 0.2) is 60.7 Å². The van der Waals surface area contributed by atoms with E-state index in [1.807, 2.05) is 60.7 Å². The van der Waals surface area contributed by atoms with Gasteiger partial charge in [0.1, 0.15) is 0 Å². The molecule has 0 aliphatic heterocycles. The third-order valence-electron chi connectivity index (χ3n) is 2.25. The van der Waals surface area contributed by atoms with Crippen LogP contribution in [0.4, 0.5) is 0 Å². The summed E-state index contributed by atoms with van der Waals surface area (Å²) in [6, 6.07) is 20.0. The van der Waals surface area contributed by atoms with Gasteiger partial charge in [-0.05, 0) is 0 Å². The molecule has 2 aromatic rings. The number of hydrogen-bond donors (Lipinski definition) is 0. The Hall–Kier alpha value is 0.210. The minimum Gasteiger partial charge on any atom is -1.00 e. The van der Waals surface area contributed by atoms with Gasteiger partial charge in [-0.2, -0.15) is 36.4 Å². The van der Waals surface area contributed by atoms with Gasteiger partial charge in [0.2, 0.25) is 0 Å². The molecule has 0 heterocycles. The molecule has 1 nitrogen and oxygen atoms in total. The van der Waals surface area contributed by atoms with Crippen LogP contribution in [0.3, 0.4) is 0 Å². The molecule has 0 saturated heterocycles. The predicted octanol–water partition coefficient (Wildman–Crippen LogP) is -1.22. The molecule has 124 valence electrons. The van der Waals surface area contributed by atoms with Gasteiger partial charge in [-0.3, -0.25) is 0 Å². The van der Waals surface area contributed by atoms with Gasteiger partial charge in [0.05, 0.1) is 0 Å². The fourth-order valence-corrected chi connectivity index (χ4v) is 2.93. The van der Waals surface area contributed by atoms with E-state index < -0.39 is 8.32 Å². The first-order chi connectivity index (χ1) is 9.33. The van der Waals surface area contributed by atoms with E-state index in [2.05, 4.69) is 33.5 Å². The van der Waals surface area contributed by atoms with Crippen LogP contribution in [0, 0.1) is 0 Å². The van der Waals surface area contributed by atoms with Gasteiger partial charge in [-0.15, -0.1) is 0 Å². The first kappa shape index (κ1) is 27.1. The Morgan fingerprint density at radius 3 is 1.32 bits per heavy atom. The third-order valence-corrected chi connectivity index (χ3v) is 4.31. The molecule has 0 radical (unpaired) electrons. The van der Waals surface area contributed by atoms with Crippen molar-refractivity contribution in [1.82, 2.24) is 0 Å². The molecule has 22 heavy (non-hydrogen) atoms. The molecule has 0 aliphatic rings. The Morgan fingerprint density at radius 2 is 1.23 bits per heavy atom. The van der Waals surface area contributed by atoms with E-state index in [1.54, 1.807) is 0 Å². The topological polar surface area (TPSA) is 9.23 Å². The summed E-state index contributed by atoms with van der Waals surface area (Å²) >= 11 is 1.50. The summed E-state index contributed by atoms with van der Waals surface area (Å²) < 4.78 is 7.28. The van der Waals surface area contributed by atoms with Gasteiger partial charge >= 0.3 is 79.8 Å². The van der Waals surface area contributed by atoms with Crippen molar-refractivity contribution in [2.75, 3.05) is 0 Å². The fraction of sp³-hybridized carbons (Fsp3) is 0.353. The molecule has 0 aliphatic carbocycles. The zero-order valence-electron chi connectivity index (χ0n) is 14.0. The van der Waals surface area contributed by atoms with E-state index in [1.165, 1.54) is 27.4 Å². The minimum atomic E-state index is -1.29. The van der Waals surface area contributed by atoms with Crippen LogP contribution in [-0.4, -0.2) is 17.6 Å². The van der Waals surface area contributed by atoms with Crippen LogP contribution < -0.4 is 24.8 Å². The first-order valence-electron chi connectivity index (χ1n) is 6.89. The van der Waals surface area contributed by atoms with E-state index in [0.717, 1.165) is 0 Å². The van der Waals surface area contributed by atoms with Crippen molar-refractivity contribution >= 4 is 11.5 Å². The molecule has 1 unspecified atom stereocenters. The van der Waals surface area contributed by atoms with Crippen molar-refractivity contribution in [3.05, 3.63) is 60.7 Å². The fourth-order valence-electron chi connectivity index (χ4n) is 1.26. The van der Waals surface area contributed by atoms with Gasteiger partial charge in [-0.25, -0.2) is 24.3 Å². The second-order valence-electron chi connectivity index (χ2n) is 5.48. The van der Waals surface area contributed by atoms with Crippen molar-refractivity contribution < 1.29 is 53.5 Å². The van der Waals surface area contributed by atoms with Gasteiger partial charge in [0.25, 0.3) is 0 Å². The quantitative estimate of drug-likeness (QED) is 0.433. The number of hydrogen-bond acceptors (Lipinski definition) is 1. The summed E-state index contributed by atoms with van der Waals surface area (Å²) in [7, 11) is -1.29. The summed E-state index contributed by atoms with van der Waals surface area (Å²) in [6.07, 6.45) is 0.380. The zero-order chi connectivity index (χ0) is 15.4. The summed E-state index contributed by atoms with van der Waals surface area (Å²) in [5.74, 6) is 0. The molecule has 2 aromatic carbocycles. The second kappa shape index (κ2) is 16.1. The second-order valence-corrected chi connectivity index (χ2v) is 11.9. The van der Waals surface area contributed by atoms with Crippen LogP contribution in [0.25, 0.3) is 0 Å². The molecule has 0 amide bonds. The molecule has 0 spiro atoms.